The number of carbonyl (C=O) groups is 1. The van der Waals surface area contributed by atoms with Gasteiger partial charge in [-0.15, -0.1) is 0 Å². The van der Waals surface area contributed by atoms with E-state index in [-0.39, 0.29) is 0 Å². The van der Waals surface area contributed by atoms with Gasteiger partial charge < -0.3 is 5.11 Å². The highest BCUT2D eigenvalue weighted by molar-refractivity contribution is 5.77. The molecule has 0 saturated carbocycles. The van der Waals surface area contributed by atoms with Crippen LogP contribution in [0, 0.1) is 16.7 Å². The second-order valence-electron chi connectivity index (χ2n) is 5.47. The average Bonchev–Trinajstić information content (AvgIpc) is 2.40. The van der Waals surface area contributed by atoms with E-state index in [9.17, 15) is 9.90 Å². The van der Waals surface area contributed by atoms with Crippen LogP contribution >= 0.6 is 0 Å². The van der Waals surface area contributed by atoms with Crippen LogP contribution in [0.1, 0.15) is 84.5 Å². The van der Waals surface area contributed by atoms with Crippen molar-refractivity contribution in [2.45, 2.75) is 84.5 Å². The van der Waals surface area contributed by atoms with E-state index in [2.05, 4.69) is 6.92 Å². The Morgan fingerprint density at radius 3 is 1.89 bits per heavy atom. The van der Waals surface area contributed by atoms with Crippen LogP contribution in [0.2, 0.25) is 0 Å². The maximum Gasteiger partial charge on any atom is 0.324 e. The number of carboxylic acid groups (broad SMARTS) is 1. The van der Waals surface area contributed by atoms with E-state index in [4.69, 9.17) is 5.26 Å². The molecule has 1 N–H and O–H groups in total. The van der Waals surface area contributed by atoms with Crippen molar-refractivity contribution in [2.75, 3.05) is 0 Å². The minimum atomic E-state index is -1.14. The number of carboxylic acids is 1. The van der Waals surface area contributed by atoms with Crippen molar-refractivity contribution in [3.63, 3.8) is 0 Å². The summed E-state index contributed by atoms with van der Waals surface area (Å²) in [7, 11) is 0. The SMILES string of the molecule is CCCCCCCCCCC(C#N)(CCC)C(=O)O. The molecule has 0 heterocycles. The maximum atomic E-state index is 11.3. The van der Waals surface area contributed by atoms with Gasteiger partial charge in [0.25, 0.3) is 0 Å². The van der Waals surface area contributed by atoms with Gasteiger partial charge in [-0.05, 0) is 12.8 Å². The minimum absolute atomic E-state index is 0.468. The van der Waals surface area contributed by atoms with Gasteiger partial charge in [-0.1, -0.05) is 71.6 Å². The van der Waals surface area contributed by atoms with Crippen molar-refractivity contribution in [1.29, 1.82) is 5.26 Å². The van der Waals surface area contributed by atoms with Crippen molar-refractivity contribution in [1.82, 2.24) is 0 Å². The molecule has 3 nitrogen and oxygen atoms in total. The Bertz CT molecular complexity index is 283. The van der Waals surface area contributed by atoms with Crippen molar-refractivity contribution >= 4 is 5.97 Å². The van der Waals surface area contributed by atoms with E-state index in [0.29, 0.717) is 12.8 Å². The van der Waals surface area contributed by atoms with E-state index >= 15 is 0 Å². The Morgan fingerprint density at radius 1 is 0.947 bits per heavy atom. The van der Waals surface area contributed by atoms with Crippen LogP contribution in [-0.2, 0) is 4.79 Å². The van der Waals surface area contributed by atoms with E-state index in [1.165, 1.54) is 32.1 Å². The highest BCUT2D eigenvalue weighted by atomic mass is 16.4. The van der Waals surface area contributed by atoms with E-state index in [0.717, 1.165) is 25.7 Å². The van der Waals surface area contributed by atoms with Crippen LogP contribution in [0.4, 0.5) is 0 Å². The zero-order valence-electron chi connectivity index (χ0n) is 12.6. The molecule has 0 rings (SSSR count). The molecule has 0 aromatic carbocycles. The van der Waals surface area contributed by atoms with Crippen LogP contribution in [0.15, 0.2) is 0 Å². The lowest BCUT2D eigenvalue weighted by molar-refractivity contribution is -0.146. The standard InChI is InChI=1S/C16H29NO2/c1-3-5-6-7-8-9-10-11-13-16(14-17,12-4-2)15(18)19/h3-13H2,1-2H3,(H,18,19). The van der Waals surface area contributed by atoms with E-state index in [1.807, 2.05) is 13.0 Å². The fourth-order valence-corrected chi connectivity index (χ4v) is 2.49. The van der Waals surface area contributed by atoms with Gasteiger partial charge in [-0.25, -0.2) is 0 Å². The van der Waals surface area contributed by atoms with Gasteiger partial charge in [0.15, 0.2) is 5.41 Å². The molecule has 0 aromatic rings. The molecular formula is C16H29NO2. The summed E-state index contributed by atoms with van der Waals surface area (Å²) >= 11 is 0. The summed E-state index contributed by atoms with van der Waals surface area (Å²) in [5.74, 6) is -0.945. The van der Waals surface area contributed by atoms with Crippen molar-refractivity contribution < 1.29 is 9.90 Å². The smallest absolute Gasteiger partial charge is 0.324 e. The molecule has 0 radical (unpaired) electrons. The Balaban J connectivity index is 3.83. The highest BCUT2D eigenvalue weighted by Crippen LogP contribution is 2.30. The van der Waals surface area contributed by atoms with Crippen molar-refractivity contribution in [3.05, 3.63) is 0 Å². The van der Waals surface area contributed by atoms with Gasteiger partial charge >= 0.3 is 5.97 Å². The Morgan fingerprint density at radius 2 is 1.47 bits per heavy atom. The largest absolute Gasteiger partial charge is 0.480 e. The summed E-state index contributed by atoms with van der Waals surface area (Å²) in [5, 5.41) is 18.4. The second-order valence-corrected chi connectivity index (χ2v) is 5.47. The summed E-state index contributed by atoms with van der Waals surface area (Å²) in [6, 6.07) is 2.04. The van der Waals surface area contributed by atoms with Crippen LogP contribution in [0.5, 0.6) is 0 Å². The van der Waals surface area contributed by atoms with Crippen LogP contribution in [0.25, 0.3) is 0 Å². The molecule has 1 atom stereocenters. The molecule has 0 aliphatic carbocycles. The number of unbranched alkanes of at least 4 members (excludes halogenated alkanes) is 7. The molecule has 0 amide bonds. The first-order valence-corrected chi connectivity index (χ1v) is 7.77. The highest BCUT2D eigenvalue weighted by Gasteiger charge is 2.37. The number of rotatable bonds is 12. The third kappa shape index (κ3) is 7.20. The molecular weight excluding hydrogens is 238 g/mol. The van der Waals surface area contributed by atoms with Gasteiger partial charge in [0.1, 0.15) is 0 Å². The number of hydrogen-bond donors (Lipinski definition) is 1. The summed E-state index contributed by atoms with van der Waals surface area (Å²) in [6.07, 6.45) is 11.2. The Kier molecular flexibility index (Phi) is 10.2. The van der Waals surface area contributed by atoms with Crippen LogP contribution in [-0.4, -0.2) is 11.1 Å². The zero-order chi connectivity index (χ0) is 14.6. The van der Waals surface area contributed by atoms with Crippen molar-refractivity contribution in [3.8, 4) is 6.07 Å². The molecule has 110 valence electrons. The number of nitriles is 1. The minimum Gasteiger partial charge on any atom is -0.480 e. The van der Waals surface area contributed by atoms with Crippen LogP contribution in [0.3, 0.4) is 0 Å². The Labute approximate surface area is 118 Å². The predicted molar refractivity (Wildman–Crippen MR) is 77.8 cm³/mol. The van der Waals surface area contributed by atoms with Crippen molar-refractivity contribution in [2.24, 2.45) is 5.41 Å². The first-order valence-electron chi connectivity index (χ1n) is 7.77. The monoisotopic (exact) mass is 267 g/mol. The lowest BCUT2D eigenvalue weighted by atomic mass is 9.80. The molecule has 0 aromatic heterocycles. The third-order valence-corrected chi connectivity index (χ3v) is 3.76. The fraction of sp³-hybridized carbons (Fsp3) is 0.875. The quantitative estimate of drug-likeness (QED) is 0.511. The van der Waals surface area contributed by atoms with Gasteiger partial charge in [-0.3, -0.25) is 4.79 Å². The molecule has 0 spiro atoms. The maximum absolute atomic E-state index is 11.3. The summed E-state index contributed by atoms with van der Waals surface area (Å²) < 4.78 is 0. The summed E-state index contributed by atoms with van der Waals surface area (Å²) in [6.45, 7) is 4.14. The second kappa shape index (κ2) is 10.8. The number of aliphatic carboxylic acids is 1. The van der Waals surface area contributed by atoms with Gasteiger partial charge in [0.2, 0.25) is 0 Å². The molecule has 1 unspecified atom stereocenters. The van der Waals surface area contributed by atoms with E-state index in [1.54, 1.807) is 0 Å². The van der Waals surface area contributed by atoms with Gasteiger partial charge in [0, 0.05) is 0 Å². The fourth-order valence-electron chi connectivity index (χ4n) is 2.49. The molecule has 0 bridgehead atoms. The normalized spacial score (nSPS) is 13.7. The van der Waals surface area contributed by atoms with E-state index < -0.39 is 11.4 Å². The molecule has 0 fully saturated rings. The molecule has 3 heteroatoms. The predicted octanol–water partition coefficient (Wildman–Crippen LogP) is 4.91. The zero-order valence-corrected chi connectivity index (χ0v) is 12.6. The number of hydrogen-bond acceptors (Lipinski definition) is 2. The van der Waals surface area contributed by atoms with Crippen LogP contribution < -0.4 is 0 Å². The molecule has 0 saturated heterocycles. The van der Waals surface area contributed by atoms with Gasteiger partial charge in [0.05, 0.1) is 6.07 Å². The molecule has 0 aliphatic rings. The van der Waals surface area contributed by atoms with Gasteiger partial charge in [-0.2, -0.15) is 5.26 Å². The molecule has 0 aliphatic heterocycles. The lowest BCUT2D eigenvalue weighted by Crippen LogP contribution is -2.29. The lowest BCUT2D eigenvalue weighted by Gasteiger charge is -2.20. The Hall–Kier alpha value is -1.04. The summed E-state index contributed by atoms with van der Waals surface area (Å²) in [5.41, 5.74) is -1.14. The molecule has 19 heavy (non-hydrogen) atoms. The summed E-state index contributed by atoms with van der Waals surface area (Å²) in [4.78, 5) is 11.3. The number of nitrogens with zero attached hydrogens (tertiary/aromatic N) is 1. The third-order valence-electron chi connectivity index (χ3n) is 3.76. The first-order chi connectivity index (χ1) is 9.13. The average molecular weight is 267 g/mol. The first kappa shape index (κ1) is 18.0. The topological polar surface area (TPSA) is 61.1 Å².